The van der Waals surface area contributed by atoms with Crippen molar-refractivity contribution in [3.05, 3.63) is 65.1 Å². The maximum absolute atomic E-state index is 5.83. The lowest BCUT2D eigenvalue weighted by Crippen LogP contribution is -2.06. The summed E-state index contributed by atoms with van der Waals surface area (Å²) in [5, 5.41) is 3.30. The fourth-order valence-corrected chi connectivity index (χ4v) is 4.46. The van der Waals surface area contributed by atoms with Crippen LogP contribution in [0.5, 0.6) is 17.2 Å². The van der Waals surface area contributed by atoms with Gasteiger partial charge in [-0.3, -0.25) is 9.97 Å². The molecule has 0 saturated carbocycles. The van der Waals surface area contributed by atoms with E-state index in [-0.39, 0.29) is 0 Å². The average Bonchev–Trinajstić information content (AvgIpc) is 2.87. The summed E-state index contributed by atoms with van der Waals surface area (Å²) < 4.78 is 16.6. The smallest absolute Gasteiger partial charge is 0.161 e. The lowest BCUT2D eigenvalue weighted by molar-refractivity contribution is 0.356. The molecule has 0 bridgehead atoms. The second-order valence-electron chi connectivity index (χ2n) is 8.45. The first-order valence-electron chi connectivity index (χ1n) is 11.8. The van der Waals surface area contributed by atoms with E-state index >= 15 is 0 Å². The van der Waals surface area contributed by atoms with Gasteiger partial charge in [0.25, 0.3) is 0 Å². The number of fused-ring (bicyclic) bond motifs is 2. The first-order chi connectivity index (χ1) is 16.6. The first-order valence-corrected chi connectivity index (χ1v) is 11.8. The van der Waals surface area contributed by atoms with Crippen molar-refractivity contribution in [1.82, 2.24) is 9.97 Å². The van der Waals surface area contributed by atoms with Crippen molar-refractivity contribution in [2.24, 2.45) is 5.73 Å². The van der Waals surface area contributed by atoms with Crippen molar-refractivity contribution in [3.8, 4) is 17.2 Å². The van der Waals surface area contributed by atoms with E-state index < -0.39 is 0 Å². The van der Waals surface area contributed by atoms with Crippen molar-refractivity contribution in [2.45, 2.75) is 39.0 Å². The molecule has 4 rings (SSSR count). The maximum atomic E-state index is 5.83. The summed E-state index contributed by atoms with van der Waals surface area (Å²) in [5.41, 5.74) is 11.3. The Labute approximate surface area is 201 Å². The van der Waals surface area contributed by atoms with Crippen molar-refractivity contribution in [2.75, 3.05) is 27.9 Å². The minimum atomic E-state index is 0.634. The van der Waals surface area contributed by atoms with Crippen LogP contribution < -0.4 is 19.9 Å². The molecule has 0 aliphatic rings. The van der Waals surface area contributed by atoms with E-state index in [2.05, 4.69) is 25.1 Å². The zero-order chi connectivity index (χ0) is 24.1. The Bertz CT molecular complexity index is 1300. The third-order valence-corrected chi connectivity index (χ3v) is 6.23. The number of aryl methyl sites for hydroxylation is 2. The fourth-order valence-electron chi connectivity index (χ4n) is 4.46. The van der Waals surface area contributed by atoms with E-state index in [4.69, 9.17) is 29.9 Å². The number of hydrogen-bond acceptors (Lipinski definition) is 6. The van der Waals surface area contributed by atoms with Gasteiger partial charge in [-0.15, -0.1) is 0 Å². The second kappa shape index (κ2) is 10.7. The standard InChI is InChI=1S/C28H33N3O3/c1-5-7-26-23-16-28(34-4)27(33-3)15-22(23)20(17-30-26)13-18-12-19-14-21(32-2)9-10-25(19)31-24(18)8-6-11-29/h9-10,12,14-17H,5-8,11,13,29H2,1-4H3. The summed E-state index contributed by atoms with van der Waals surface area (Å²) in [6.07, 6.45) is 6.37. The van der Waals surface area contributed by atoms with Gasteiger partial charge in [0.15, 0.2) is 11.5 Å². The van der Waals surface area contributed by atoms with Crippen LogP contribution in [0.4, 0.5) is 0 Å². The van der Waals surface area contributed by atoms with Gasteiger partial charge < -0.3 is 19.9 Å². The van der Waals surface area contributed by atoms with Gasteiger partial charge in [-0.1, -0.05) is 13.3 Å². The zero-order valence-electron chi connectivity index (χ0n) is 20.5. The number of nitrogens with zero attached hydrogens (tertiary/aromatic N) is 2. The van der Waals surface area contributed by atoms with Gasteiger partial charge in [-0.25, -0.2) is 0 Å². The number of benzene rings is 2. The van der Waals surface area contributed by atoms with Crippen LogP contribution in [0.2, 0.25) is 0 Å². The quantitative estimate of drug-likeness (QED) is 0.349. The average molecular weight is 460 g/mol. The van der Waals surface area contributed by atoms with Crippen LogP contribution in [-0.4, -0.2) is 37.8 Å². The molecular formula is C28H33N3O3. The van der Waals surface area contributed by atoms with Gasteiger partial charge in [0.2, 0.25) is 0 Å². The van der Waals surface area contributed by atoms with E-state index in [0.717, 1.165) is 81.6 Å². The van der Waals surface area contributed by atoms with Gasteiger partial charge in [-0.05, 0) is 78.7 Å². The molecule has 34 heavy (non-hydrogen) atoms. The van der Waals surface area contributed by atoms with Crippen molar-refractivity contribution < 1.29 is 14.2 Å². The van der Waals surface area contributed by atoms with Gasteiger partial charge in [-0.2, -0.15) is 0 Å². The summed E-state index contributed by atoms with van der Waals surface area (Å²) in [7, 11) is 5.02. The Morgan fingerprint density at radius 2 is 1.59 bits per heavy atom. The predicted octanol–water partition coefficient (Wildman–Crippen LogP) is 5.24. The topological polar surface area (TPSA) is 79.5 Å². The van der Waals surface area contributed by atoms with E-state index in [1.165, 1.54) is 5.56 Å². The summed E-state index contributed by atoms with van der Waals surface area (Å²) >= 11 is 0. The molecule has 0 saturated heterocycles. The molecule has 2 aromatic heterocycles. The predicted molar refractivity (Wildman–Crippen MR) is 137 cm³/mol. The zero-order valence-corrected chi connectivity index (χ0v) is 20.5. The van der Waals surface area contributed by atoms with Crippen LogP contribution in [0.3, 0.4) is 0 Å². The van der Waals surface area contributed by atoms with Crippen molar-refractivity contribution >= 4 is 21.7 Å². The molecule has 2 heterocycles. The summed E-state index contributed by atoms with van der Waals surface area (Å²) in [4.78, 5) is 9.84. The third-order valence-electron chi connectivity index (χ3n) is 6.23. The van der Waals surface area contributed by atoms with E-state index in [0.29, 0.717) is 13.0 Å². The van der Waals surface area contributed by atoms with Crippen LogP contribution in [0, 0.1) is 0 Å². The lowest BCUT2D eigenvalue weighted by atomic mass is 9.95. The second-order valence-corrected chi connectivity index (χ2v) is 8.45. The SMILES string of the molecule is CCCc1ncc(Cc2cc3cc(OC)ccc3nc2CCCN)c2cc(OC)c(OC)cc12. The molecule has 0 fully saturated rings. The van der Waals surface area contributed by atoms with Crippen LogP contribution in [0.25, 0.3) is 21.7 Å². The largest absolute Gasteiger partial charge is 0.497 e. The van der Waals surface area contributed by atoms with Gasteiger partial charge in [0, 0.05) is 34.8 Å². The minimum absolute atomic E-state index is 0.634. The lowest BCUT2D eigenvalue weighted by Gasteiger charge is -2.16. The highest BCUT2D eigenvalue weighted by Gasteiger charge is 2.16. The molecular weight excluding hydrogens is 426 g/mol. The van der Waals surface area contributed by atoms with E-state index in [9.17, 15) is 0 Å². The number of ether oxygens (including phenoxy) is 3. The van der Waals surface area contributed by atoms with Gasteiger partial charge in [0.05, 0.1) is 26.8 Å². The van der Waals surface area contributed by atoms with E-state index in [1.54, 1.807) is 21.3 Å². The minimum Gasteiger partial charge on any atom is -0.497 e. The number of pyridine rings is 2. The van der Waals surface area contributed by atoms with Crippen molar-refractivity contribution in [1.29, 1.82) is 0 Å². The monoisotopic (exact) mass is 459 g/mol. The molecule has 178 valence electrons. The third kappa shape index (κ3) is 4.77. The number of hydrogen-bond donors (Lipinski definition) is 1. The molecule has 0 aliphatic heterocycles. The Hall–Kier alpha value is -3.38. The molecule has 2 aromatic carbocycles. The number of methoxy groups -OCH3 is 3. The highest BCUT2D eigenvalue weighted by atomic mass is 16.5. The molecule has 0 radical (unpaired) electrons. The van der Waals surface area contributed by atoms with Crippen LogP contribution in [0.1, 0.15) is 42.3 Å². The molecule has 0 amide bonds. The van der Waals surface area contributed by atoms with E-state index in [1.807, 2.05) is 24.4 Å². The molecule has 6 nitrogen and oxygen atoms in total. The van der Waals surface area contributed by atoms with Gasteiger partial charge >= 0.3 is 0 Å². The number of nitrogens with two attached hydrogens (primary N) is 1. The van der Waals surface area contributed by atoms with Crippen LogP contribution in [-0.2, 0) is 19.3 Å². The summed E-state index contributed by atoms with van der Waals surface area (Å²) in [5.74, 6) is 2.26. The van der Waals surface area contributed by atoms with Crippen molar-refractivity contribution in [3.63, 3.8) is 0 Å². The fraction of sp³-hybridized carbons (Fsp3) is 0.357. The molecule has 0 spiro atoms. The molecule has 0 unspecified atom stereocenters. The Morgan fingerprint density at radius 3 is 2.26 bits per heavy atom. The maximum Gasteiger partial charge on any atom is 0.161 e. The molecule has 0 atom stereocenters. The first kappa shape index (κ1) is 23.8. The molecule has 0 aliphatic carbocycles. The normalized spacial score (nSPS) is 11.2. The Balaban J connectivity index is 1.87. The summed E-state index contributed by atoms with van der Waals surface area (Å²) in [6.45, 7) is 2.80. The Kier molecular flexibility index (Phi) is 7.48. The molecule has 4 aromatic rings. The number of rotatable bonds is 10. The van der Waals surface area contributed by atoms with Gasteiger partial charge in [0.1, 0.15) is 5.75 Å². The van der Waals surface area contributed by atoms with Crippen LogP contribution >= 0.6 is 0 Å². The molecule has 2 N–H and O–H groups in total. The Morgan fingerprint density at radius 1 is 0.824 bits per heavy atom. The summed E-state index contributed by atoms with van der Waals surface area (Å²) in [6, 6.07) is 12.3. The highest BCUT2D eigenvalue weighted by molar-refractivity contribution is 5.91. The highest BCUT2D eigenvalue weighted by Crippen LogP contribution is 2.36. The molecule has 6 heteroatoms. The van der Waals surface area contributed by atoms with Crippen LogP contribution in [0.15, 0.2) is 42.6 Å². The number of aromatic nitrogens is 2.